The zero-order chi connectivity index (χ0) is 14.4. The average molecular weight is 273 g/mol. The lowest BCUT2D eigenvalue weighted by atomic mass is 10.1. The van der Waals surface area contributed by atoms with Gasteiger partial charge in [-0.25, -0.2) is 0 Å². The smallest absolute Gasteiger partial charge is 0.270 e. The Labute approximate surface area is 116 Å². The maximum atomic E-state index is 10.7. The van der Waals surface area contributed by atoms with E-state index in [9.17, 15) is 10.1 Å². The van der Waals surface area contributed by atoms with E-state index < -0.39 is 4.92 Å². The van der Waals surface area contributed by atoms with Crippen LogP contribution in [-0.2, 0) is 13.0 Å². The summed E-state index contributed by atoms with van der Waals surface area (Å²) >= 11 is 0. The van der Waals surface area contributed by atoms with Crippen molar-refractivity contribution in [2.45, 2.75) is 13.0 Å². The Kier molecular flexibility index (Phi) is 4.62. The molecule has 1 heterocycles. The van der Waals surface area contributed by atoms with Crippen LogP contribution >= 0.6 is 0 Å². The molecule has 0 aliphatic carbocycles. The molecule has 0 bridgehead atoms. The van der Waals surface area contributed by atoms with Crippen molar-refractivity contribution in [1.82, 2.24) is 4.98 Å². The van der Waals surface area contributed by atoms with Crippen molar-refractivity contribution in [1.29, 1.82) is 0 Å². The molecule has 2 N–H and O–H groups in total. The van der Waals surface area contributed by atoms with Crippen LogP contribution in [0.25, 0.3) is 0 Å². The molecule has 0 aliphatic rings. The van der Waals surface area contributed by atoms with Crippen LogP contribution in [-0.4, -0.2) is 16.5 Å². The van der Waals surface area contributed by atoms with Crippen molar-refractivity contribution in [3.63, 3.8) is 0 Å². The second kappa shape index (κ2) is 6.63. The topological polar surface area (TPSA) is 91.3 Å². The Morgan fingerprint density at radius 2 is 2.00 bits per heavy atom. The van der Waals surface area contributed by atoms with E-state index >= 15 is 0 Å². The first-order chi connectivity index (χ1) is 9.70. The van der Waals surface area contributed by atoms with E-state index in [1.54, 1.807) is 18.5 Å². The monoisotopic (exact) mass is 273 g/mol. The van der Waals surface area contributed by atoms with Gasteiger partial charge < -0.3 is 10.5 Å². The zero-order valence-corrected chi connectivity index (χ0v) is 10.9. The van der Waals surface area contributed by atoms with Gasteiger partial charge in [-0.05, 0) is 23.8 Å². The fraction of sp³-hybridized carbons (Fsp3) is 0.214. The van der Waals surface area contributed by atoms with E-state index in [-0.39, 0.29) is 12.2 Å². The van der Waals surface area contributed by atoms with Crippen LogP contribution in [0.5, 0.6) is 5.75 Å². The summed E-state index contributed by atoms with van der Waals surface area (Å²) in [5.74, 6) is 0.590. The third-order valence-electron chi connectivity index (χ3n) is 2.87. The molecule has 6 heteroatoms. The summed E-state index contributed by atoms with van der Waals surface area (Å²) in [6.45, 7) is 0.682. The molecule has 20 heavy (non-hydrogen) atoms. The average Bonchev–Trinajstić information content (AvgIpc) is 2.48. The van der Waals surface area contributed by atoms with E-state index in [0.29, 0.717) is 17.9 Å². The zero-order valence-electron chi connectivity index (χ0n) is 10.9. The van der Waals surface area contributed by atoms with Gasteiger partial charge in [0.1, 0.15) is 5.75 Å². The Morgan fingerprint density at radius 3 is 2.65 bits per heavy atom. The molecule has 0 radical (unpaired) electrons. The van der Waals surface area contributed by atoms with E-state index in [1.165, 1.54) is 12.1 Å². The van der Waals surface area contributed by atoms with Gasteiger partial charge in [-0.2, -0.15) is 0 Å². The van der Waals surface area contributed by atoms with E-state index in [4.69, 9.17) is 10.5 Å². The minimum atomic E-state index is -0.445. The molecule has 0 aliphatic heterocycles. The van der Waals surface area contributed by atoms with Crippen molar-refractivity contribution in [3.8, 4) is 5.75 Å². The highest BCUT2D eigenvalue weighted by Gasteiger charge is 2.10. The fourth-order valence-electron chi connectivity index (χ4n) is 1.81. The van der Waals surface area contributed by atoms with Gasteiger partial charge in [0.05, 0.1) is 11.5 Å². The van der Waals surface area contributed by atoms with Gasteiger partial charge in [-0.15, -0.1) is 0 Å². The van der Waals surface area contributed by atoms with Crippen LogP contribution in [0.4, 0.5) is 5.69 Å². The highest BCUT2D eigenvalue weighted by Crippen LogP contribution is 2.23. The number of benzene rings is 1. The van der Waals surface area contributed by atoms with Gasteiger partial charge in [0, 0.05) is 43.1 Å². The first-order valence-electron chi connectivity index (χ1n) is 6.20. The minimum Gasteiger partial charge on any atom is -0.493 e. The number of rotatable bonds is 6. The summed E-state index contributed by atoms with van der Waals surface area (Å²) in [6.07, 6.45) is 4.20. The van der Waals surface area contributed by atoms with Crippen molar-refractivity contribution in [2.75, 3.05) is 6.61 Å². The first kappa shape index (κ1) is 14.0. The van der Waals surface area contributed by atoms with Crippen molar-refractivity contribution in [3.05, 3.63) is 64.0 Å². The molecular formula is C14H15N3O3. The first-order valence-corrected chi connectivity index (χ1v) is 6.20. The van der Waals surface area contributed by atoms with Crippen LogP contribution in [0, 0.1) is 10.1 Å². The Bertz CT molecular complexity index is 587. The molecular weight excluding hydrogens is 258 g/mol. The molecule has 0 amide bonds. The predicted octanol–water partition coefficient (Wildman–Crippen LogP) is 2.07. The quantitative estimate of drug-likeness (QED) is 0.642. The van der Waals surface area contributed by atoms with Gasteiger partial charge in [0.2, 0.25) is 0 Å². The molecule has 0 atom stereocenters. The number of nitro groups is 1. The van der Waals surface area contributed by atoms with Gasteiger partial charge in [0.15, 0.2) is 0 Å². The summed E-state index contributed by atoms with van der Waals surface area (Å²) in [5.41, 5.74) is 7.37. The summed E-state index contributed by atoms with van der Waals surface area (Å²) in [7, 11) is 0. The summed E-state index contributed by atoms with van der Waals surface area (Å²) in [4.78, 5) is 14.2. The van der Waals surface area contributed by atoms with Crippen molar-refractivity contribution < 1.29 is 9.66 Å². The van der Waals surface area contributed by atoms with Crippen LogP contribution in [0.1, 0.15) is 11.1 Å². The number of aromatic nitrogens is 1. The molecule has 0 unspecified atom stereocenters. The van der Waals surface area contributed by atoms with Crippen LogP contribution in [0.2, 0.25) is 0 Å². The predicted molar refractivity (Wildman–Crippen MR) is 74.4 cm³/mol. The normalized spacial score (nSPS) is 10.2. The van der Waals surface area contributed by atoms with Gasteiger partial charge in [-0.1, -0.05) is 0 Å². The lowest BCUT2D eigenvalue weighted by Crippen LogP contribution is -2.06. The Balaban J connectivity index is 2.00. The lowest BCUT2D eigenvalue weighted by molar-refractivity contribution is -0.384. The number of nitrogens with zero attached hydrogens (tertiary/aromatic N) is 2. The van der Waals surface area contributed by atoms with Crippen molar-refractivity contribution >= 4 is 5.69 Å². The number of hydrogen-bond donors (Lipinski definition) is 1. The third-order valence-corrected chi connectivity index (χ3v) is 2.87. The SMILES string of the molecule is NCc1cc([N+](=O)[O-])ccc1OCCc1ccncc1. The Morgan fingerprint density at radius 1 is 1.25 bits per heavy atom. The number of hydrogen-bond acceptors (Lipinski definition) is 5. The molecule has 0 saturated heterocycles. The fourth-order valence-corrected chi connectivity index (χ4v) is 1.81. The lowest BCUT2D eigenvalue weighted by Gasteiger charge is -2.10. The molecule has 0 spiro atoms. The molecule has 1 aromatic carbocycles. The van der Waals surface area contributed by atoms with E-state index in [1.807, 2.05) is 12.1 Å². The summed E-state index contributed by atoms with van der Waals surface area (Å²) < 4.78 is 5.64. The molecule has 2 aromatic rings. The van der Waals surface area contributed by atoms with Crippen LogP contribution < -0.4 is 10.5 Å². The maximum absolute atomic E-state index is 10.7. The van der Waals surface area contributed by atoms with Crippen molar-refractivity contribution in [2.24, 2.45) is 5.73 Å². The maximum Gasteiger partial charge on any atom is 0.270 e. The highest BCUT2D eigenvalue weighted by molar-refractivity contribution is 5.43. The van der Waals surface area contributed by atoms with Gasteiger partial charge >= 0.3 is 0 Å². The number of non-ortho nitro benzene ring substituents is 1. The highest BCUT2D eigenvalue weighted by atomic mass is 16.6. The number of pyridine rings is 1. The van der Waals surface area contributed by atoms with E-state index in [2.05, 4.69) is 4.98 Å². The Hall–Kier alpha value is -2.47. The third kappa shape index (κ3) is 3.52. The molecule has 1 aromatic heterocycles. The van der Waals surface area contributed by atoms with Gasteiger partial charge in [-0.3, -0.25) is 15.1 Å². The van der Waals surface area contributed by atoms with Crippen LogP contribution in [0.3, 0.4) is 0 Å². The molecule has 0 saturated carbocycles. The standard InChI is InChI=1S/C14H15N3O3/c15-10-12-9-13(17(18)19)1-2-14(12)20-8-5-11-3-6-16-7-4-11/h1-4,6-7,9H,5,8,10,15H2. The molecule has 104 valence electrons. The van der Waals surface area contributed by atoms with Gasteiger partial charge in [0.25, 0.3) is 5.69 Å². The second-order valence-electron chi connectivity index (χ2n) is 4.21. The second-order valence-corrected chi connectivity index (χ2v) is 4.21. The van der Waals surface area contributed by atoms with Crippen LogP contribution in [0.15, 0.2) is 42.7 Å². The van der Waals surface area contributed by atoms with E-state index in [0.717, 1.165) is 12.0 Å². The number of ether oxygens (including phenoxy) is 1. The number of nitro benzene ring substituents is 1. The summed E-state index contributed by atoms with van der Waals surface area (Å²) in [5, 5.41) is 10.7. The molecule has 6 nitrogen and oxygen atoms in total. The molecule has 2 rings (SSSR count). The minimum absolute atomic E-state index is 0.0203. The summed E-state index contributed by atoms with van der Waals surface area (Å²) in [6, 6.07) is 8.29. The number of nitrogens with two attached hydrogens (primary N) is 1. The largest absolute Gasteiger partial charge is 0.493 e. The molecule has 0 fully saturated rings.